The monoisotopic (exact) mass is 206 g/mol. The minimum atomic E-state index is 0. The Kier molecular flexibility index (Phi) is 10.6. The zero-order valence-electron chi connectivity index (χ0n) is 5.71. The normalized spacial score (nSPS) is 6.70. The maximum Gasteiger partial charge on any atom is 0.0319 e. The van der Waals surface area contributed by atoms with E-state index in [1.807, 2.05) is 30.3 Å². The molecule has 1 rings (SSSR count). The lowest BCUT2D eigenvalue weighted by molar-refractivity contribution is 0.399. The van der Waals surface area contributed by atoms with E-state index in [0.29, 0.717) is 0 Å². The quantitative estimate of drug-likeness (QED) is 0.683. The second kappa shape index (κ2) is 8.62. The van der Waals surface area contributed by atoms with Crippen LogP contribution in [0.25, 0.3) is 0 Å². The molecule has 0 spiro atoms. The molecule has 0 saturated carbocycles. The first kappa shape index (κ1) is 12.3. The molecule has 0 aliphatic carbocycles. The lowest BCUT2D eigenvalue weighted by Crippen LogP contribution is -1.55. The molecule has 0 amide bonds. The van der Waals surface area contributed by atoms with Gasteiger partial charge in [0.15, 0.2) is 0 Å². The van der Waals surface area contributed by atoms with Gasteiger partial charge in [0, 0.05) is 11.6 Å². The zero-order valence-corrected chi connectivity index (χ0v) is 7.30. The summed E-state index contributed by atoms with van der Waals surface area (Å²) in [7, 11) is 1.00. The van der Waals surface area contributed by atoms with E-state index in [4.69, 9.17) is 5.11 Å². The van der Waals surface area contributed by atoms with Crippen LogP contribution in [0.4, 0.5) is 0 Å². The van der Waals surface area contributed by atoms with Gasteiger partial charge in [-0.3, -0.25) is 0 Å². The Morgan fingerprint density at radius 3 is 1.70 bits per heavy atom. The summed E-state index contributed by atoms with van der Waals surface area (Å²) in [6.45, 7) is 0. The maximum absolute atomic E-state index is 7.00. The van der Waals surface area contributed by atoms with Gasteiger partial charge in [-0.2, -0.15) is 0 Å². The molecule has 0 aliphatic heterocycles. The van der Waals surface area contributed by atoms with E-state index in [-0.39, 0.29) is 5.48 Å². The number of aliphatic hydroxyl groups excluding tert-OH is 1. The Bertz CT molecular complexity index is 142. The van der Waals surface area contributed by atoms with Crippen LogP contribution in [0.3, 0.4) is 0 Å². The molecular weight excluding hydrogens is 196 g/mol. The summed E-state index contributed by atoms with van der Waals surface area (Å²) in [6.07, 6.45) is 0. The van der Waals surface area contributed by atoms with Gasteiger partial charge in [0.1, 0.15) is 0 Å². The van der Waals surface area contributed by atoms with Crippen molar-refractivity contribution in [3.63, 3.8) is 0 Å². The summed E-state index contributed by atoms with van der Waals surface area (Å²) in [4.78, 5) is 0. The average Bonchev–Trinajstić information content (AvgIpc) is 1.94. The number of hydrogen-bond acceptors (Lipinski definition) is 1. The highest BCUT2D eigenvalue weighted by Gasteiger charge is 1.74. The van der Waals surface area contributed by atoms with Gasteiger partial charge >= 0.3 is 0 Å². The number of halogens is 1. The topological polar surface area (TPSA) is 51.7 Å². The molecule has 2 nitrogen and oxygen atoms in total. The third kappa shape index (κ3) is 5.75. The van der Waals surface area contributed by atoms with Crippen LogP contribution in [-0.2, 0) is 0 Å². The van der Waals surface area contributed by atoms with E-state index in [9.17, 15) is 0 Å². The van der Waals surface area contributed by atoms with Crippen molar-refractivity contribution < 1.29 is 10.6 Å². The Morgan fingerprint density at radius 1 is 1.10 bits per heavy atom. The average molecular weight is 207 g/mol. The molecule has 0 saturated heterocycles. The van der Waals surface area contributed by atoms with E-state index < -0.39 is 0 Å². The second-order valence-electron chi connectivity index (χ2n) is 1.30. The molecule has 0 aliphatic rings. The Morgan fingerprint density at radius 2 is 1.50 bits per heavy atom. The van der Waals surface area contributed by atoms with E-state index in [0.717, 1.165) is 11.6 Å². The van der Waals surface area contributed by atoms with Crippen molar-refractivity contribution >= 4 is 15.9 Å². The van der Waals surface area contributed by atoms with Crippen molar-refractivity contribution in [2.24, 2.45) is 0 Å². The molecule has 1 aromatic carbocycles. The van der Waals surface area contributed by atoms with Crippen LogP contribution in [-0.4, -0.2) is 17.7 Å². The molecule has 0 aromatic heterocycles. The SMILES string of the molecule is Brc1ccccc1.CO.O. The fourth-order valence-corrected chi connectivity index (χ4v) is 0.720. The van der Waals surface area contributed by atoms with Gasteiger partial charge in [-0.15, -0.1) is 0 Å². The van der Waals surface area contributed by atoms with Crippen LogP contribution in [0.5, 0.6) is 0 Å². The zero-order chi connectivity index (χ0) is 7.11. The van der Waals surface area contributed by atoms with Crippen molar-refractivity contribution in [1.29, 1.82) is 0 Å². The largest absolute Gasteiger partial charge is 0.412 e. The number of aliphatic hydroxyl groups is 1. The highest BCUT2D eigenvalue weighted by atomic mass is 79.9. The van der Waals surface area contributed by atoms with Gasteiger partial charge in [0.05, 0.1) is 0 Å². The lowest BCUT2D eigenvalue weighted by atomic mass is 10.4. The summed E-state index contributed by atoms with van der Waals surface area (Å²) in [5.74, 6) is 0. The molecule has 0 fully saturated rings. The van der Waals surface area contributed by atoms with Crippen LogP contribution >= 0.6 is 15.9 Å². The Labute approximate surface area is 68.9 Å². The summed E-state index contributed by atoms with van der Waals surface area (Å²) >= 11 is 3.31. The molecule has 0 atom stereocenters. The minimum Gasteiger partial charge on any atom is -0.412 e. The molecule has 0 bridgehead atoms. The molecule has 58 valence electrons. The Balaban J connectivity index is 0. The van der Waals surface area contributed by atoms with Crippen LogP contribution in [0, 0.1) is 0 Å². The van der Waals surface area contributed by atoms with E-state index in [2.05, 4.69) is 15.9 Å². The number of rotatable bonds is 0. The standard InChI is InChI=1S/C6H5Br.CH4O.H2O/c7-6-4-2-1-3-5-6;1-2;/h1-5H;2H,1H3;1H2. The molecular formula is C7H11BrO2. The summed E-state index contributed by atoms with van der Waals surface area (Å²) in [5.41, 5.74) is 0. The highest BCUT2D eigenvalue weighted by molar-refractivity contribution is 9.10. The van der Waals surface area contributed by atoms with Gasteiger partial charge in [-0.05, 0) is 12.1 Å². The summed E-state index contributed by atoms with van der Waals surface area (Å²) in [6, 6.07) is 9.97. The van der Waals surface area contributed by atoms with E-state index in [1.165, 1.54) is 0 Å². The predicted molar refractivity (Wildman–Crippen MR) is 45.9 cm³/mol. The third-order valence-corrected chi connectivity index (χ3v) is 1.26. The fraction of sp³-hybridized carbons (Fsp3) is 0.143. The molecule has 0 radical (unpaired) electrons. The highest BCUT2D eigenvalue weighted by Crippen LogP contribution is 2.05. The predicted octanol–water partition coefficient (Wildman–Crippen LogP) is 1.23. The van der Waals surface area contributed by atoms with Gasteiger partial charge in [0.25, 0.3) is 0 Å². The van der Waals surface area contributed by atoms with Crippen LogP contribution in [0.2, 0.25) is 0 Å². The van der Waals surface area contributed by atoms with Crippen molar-refractivity contribution in [3.8, 4) is 0 Å². The van der Waals surface area contributed by atoms with Crippen molar-refractivity contribution in [1.82, 2.24) is 0 Å². The van der Waals surface area contributed by atoms with Gasteiger partial charge in [-0.25, -0.2) is 0 Å². The summed E-state index contributed by atoms with van der Waals surface area (Å²) < 4.78 is 1.13. The van der Waals surface area contributed by atoms with Crippen molar-refractivity contribution in [3.05, 3.63) is 34.8 Å². The fourth-order valence-electron chi connectivity index (χ4n) is 0.415. The molecule has 3 N–H and O–H groups in total. The molecule has 0 heterocycles. The smallest absolute Gasteiger partial charge is 0.0319 e. The number of hydrogen-bond donors (Lipinski definition) is 1. The van der Waals surface area contributed by atoms with Crippen molar-refractivity contribution in [2.45, 2.75) is 0 Å². The van der Waals surface area contributed by atoms with Crippen LogP contribution < -0.4 is 0 Å². The van der Waals surface area contributed by atoms with E-state index >= 15 is 0 Å². The van der Waals surface area contributed by atoms with Crippen LogP contribution in [0.15, 0.2) is 34.8 Å². The van der Waals surface area contributed by atoms with Crippen molar-refractivity contribution in [2.75, 3.05) is 7.11 Å². The van der Waals surface area contributed by atoms with Gasteiger partial charge in [0.2, 0.25) is 0 Å². The molecule has 1 aromatic rings. The first-order valence-corrected chi connectivity index (χ1v) is 3.34. The number of benzene rings is 1. The lowest BCUT2D eigenvalue weighted by Gasteiger charge is -1.80. The second-order valence-corrected chi connectivity index (χ2v) is 2.21. The first-order chi connectivity index (χ1) is 4.39. The maximum atomic E-state index is 7.00. The molecule has 0 unspecified atom stereocenters. The van der Waals surface area contributed by atoms with Gasteiger partial charge in [-0.1, -0.05) is 34.1 Å². The molecule has 10 heavy (non-hydrogen) atoms. The summed E-state index contributed by atoms with van der Waals surface area (Å²) in [5, 5.41) is 7.00. The third-order valence-electron chi connectivity index (χ3n) is 0.733. The minimum absolute atomic E-state index is 0. The van der Waals surface area contributed by atoms with E-state index in [1.54, 1.807) is 0 Å². The van der Waals surface area contributed by atoms with Crippen LogP contribution in [0.1, 0.15) is 0 Å². The molecule has 3 heteroatoms. The van der Waals surface area contributed by atoms with Gasteiger partial charge < -0.3 is 10.6 Å². The Hall–Kier alpha value is -0.380. The first-order valence-electron chi connectivity index (χ1n) is 2.55.